The van der Waals surface area contributed by atoms with Crippen LogP contribution in [0.4, 0.5) is 0 Å². The molecule has 1 aliphatic heterocycles. The van der Waals surface area contributed by atoms with Gasteiger partial charge in [0, 0.05) is 18.8 Å². The molecule has 2 aliphatic rings. The van der Waals surface area contributed by atoms with Crippen molar-refractivity contribution < 1.29 is 9.53 Å². The van der Waals surface area contributed by atoms with E-state index in [4.69, 9.17) is 4.74 Å². The van der Waals surface area contributed by atoms with Crippen molar-refractivity contribution in [2.75, 3.05) is 13.2 Å². The average Bonchev–Trinajstić information content (AvgIpc) is 2.42. The molecule has 0 radical (unpaired) electrons. The molecule has 12 heavy (non-hydrogen) atoms. The molecule has 1 saturated heterocycles. The minimum Gasteiger partial charge on any atom is -0.381 e. The number of carbonyl (C=O) groups excluding carboxylic acids is 1. The van der Waals surface area contributed by atoms with Crippen molar-refractivity contribution in [2.45, 2.75) is 19.3 Å². The lowest BCUT2D eigenvalue weighted by molar-refractivity contribution is -0.120. The summed E-state index contributed by atoms with van der Waals surface area (Å²) in [4.78, 5) is 11.3. The number of hydrogen-bond acceptors (Lipinski definition) is 2. The lowest BCUT2D eigenvalue weighted by atomic mass is 9.88. The molecular formula is C10H14O2. The Morgan fingerprint density at radius 1 is 1.42 bits per heavy atom. The SMILES string of the molecule is O=C1CC/C=C\C2COCC2C1. The second kappa shape index (κ2) is 3.40. The minimum absolute atomic E-state index is 0.403. The molecule has 2 nitrogen and oxygen atoms in total. The molecule has 0 N–H and O–H groups in total. The van der Waals surface area contributed by atoms with E-state index in [2.05, 4.69) is 12.2 Å². The summed E-state index contributed by atoms with van der Waals surface area (Å²) in [5.74, 6) is 1.38. The number of hydrogen-bond donors (Lipinski definition) is 0. The third-order valence-electron chi connectivity index (χ3n) is 2.71. The first-order valence-corrected chi connectivity index (χ1v) is 4.62. The fourth-order valence-corrected chi connectivity index (χ4v) is 1.95. The molecule has 0 spiro atoms. The van der Waals surface area contributed by atoms with Gasteiger partial charge in [0.25, 0.3) is 0 Å². The van der Waals surface area contributed by atoms with Gasteiger partial charge < -0.3 is 4.74 Å². The van der Waals surface area contributed by atoms with Crippen LogP contribution >= 0.6 is 0 Å². The number of fused-ring (bicyclic) bond motifs is 1. The van der Waals surface area contributed by atoms with E-state index >= 15 is 0 Å². The van der Waals surface area contributed by atoms with E-state index in [9.17, 15) is 4.79 Å². The van der Waals surface area contributed by atoms with Crippen LogP contribution in [-0.2, 0) is 9.53 Å². The second-order valence-corrected chi connectivity index (χ2v) is 3.67. The topological polar surface area (TPSA) is 26.3 Å². The summed E-state index contributed by atoms with van der Waals surface area (Å²) in [6.45, 7) is 1.59. The highest BCUT2D eigenvalue weighted by molar-refractivity contribution is 5.79. The summed E-state index contributed by atoms with van der Waals surface area (Å²) in [6, 6.07) is 0. The first-order valence-electron chi connectivity index (χ1n) is 4.62. The Kier molecular flexibility index (Phi) is 2.26. The van der Waals surface area contributed by atoms with Crippen LogP contribution in [0, 0.1) is 11.8 Å². The van der Waals surface area contributed by atoms with Crippen LogP contribution in [0.3, 0.4) is 0 Å². The number of Topliss-reactive ketones (excluding diaryl/α,β-unsaturated/α-hetero) is 1. The fraction of sp³-hybridized carbons (Fsp3) is 0.700. The summed E-state index contributed by atoms with van der Waals surface area (Å²) in [5, 5.41) is 0. The van der Waals surface area contributed by atoms with Gasteiger partial charge in [-0.15, -0.1) is 0 Å². The Hall–Kier alpha value is -0.630. The molecule has 0 aromatic rings. The fourth-order valence-electron chi connectivity index (χ4n) is 1.95. The standard InChI is InChI=1S/C10H14O2/c11-10-4-2-1-3-8-6-12-7-9(8)5-10/h1,3,8-9H,2,4-7H2/b3-1-. The van der Waals surface area contributed by atoms with E-state index in [0.717, 1.165) is 32.5 Å². The maximum absolute atomic E-state index is 11.3. The first kappa shape index (κ1) is 7.99. The molecule has 0 saturated carbocycles. The van der Waals surface area contributed by atoms with E-state index in [0.29, 0.717) is 17.6 Å². The zero-order valence-electron chi connectivity index (χ0n) is 7.16. The van der Waals surface area contributed by atoms with Gasteiger partial charge in [-0.05, 0) is 12.3 Å². The third-order valence-corrected chi connectivity index (χ3v) is 2.71. The molecule has 0 aromatic carbocycles. The van der Waals surface area contributed by atoms with Crippen LogP contribution in [0.2, 0.25) is 0 Å². The van der Waals surface area contributed by atoms with Gasteiger partial charge in [-0.3, -0.25) is 4.79 Å². The van der Waals surface area contributed by atoms with Gasteiger partial charge in [-0.1, -0.05) is 12.2 Å². The zero-order chi connectivity index (χ0) is 8.39. The Labute approximate surface area is 72.6 Å². The van der Waals surface area contributed by atoms with Gasteiger partial charge >= 0.3 is 0 Å². The predicted molar refractivity (Wildman–Crippen MR) is 45.8 cm³/mol. The lowest BCUT2D eigenvalue weighted by Gasteiger charge is -2.14. The zero-order valence-corrected chi connectivity index (χ0v) is 7.16. The van der Waals surface area contributed by atoms with Crippen molar-refractivity contribution in [1.29, 1.82) is 0 Å². The molecule has 66 valence electrons. The number of ether oxygens (including phenoxy) is 1. The van der Waals surface area contributed by atoms with Crippen molar-refractivity contribution in [3.63, 3.8) is 0 Å². The van der Waals surface area contributed by atoms with Gasteiger partial charge in [-0.25, -0.2) is 0 Å². The largest absolute Gasteiger partial charge is 0.381 e. The van der Waals surface area contributed by atoms with Crippen LogP contribution in [-0.4, -0.2) is 19.0 Å². The molecular weight excluding hydrogens is 152 g/mol. The highest BCUT2D eigenvalue weighted by Gasteiger charge is 2.28. The normalized spacial score (nSPS) is 38.5. The van der Waals surface area contributed by atoms with Crippen molar-refractivity contribution in [1.82, 2.24) is 0 Å². The maximum atomic E-state index is 11.3. The molecule has 2 rings (SSSR count). The summed E-state index contributed by atoms with van der Waals surface area (Å²) >= 11 is 0. The highest BCUT2D eigenvalue weighted by Crippen LogP contribution is 2.27. The van der Waals surface area contributed by atoms with Crippen molar-refractivity contribution in [3.05, 3.63) is 12.2 Å². The minimum atomic E-state index is 0.403. The molecule has 1 fully saturated rings. The first-order chi connectivity index (χ1) is 5.86. The average molecular weight is 166 g/mol. The molecule has 2 heteroatoms. The second-order valence-electron chi connectivity index (χ2n) is 3.67. The quantitative estimate of drug-likeness (QED) is 0.510. The Bertz CT molecular complexity index is 208. The predicted octanol–water partition coefficient (Wildman–Crippen LogP) is 1.56. The Balaban J connectivity index is 2.09. The Morgan fingerprint density at radius 2 is 2.33 bits per heavy atom. The smallest absolute Gasteiger partial charge is 0.133 e. The van der Waals surface area contributed by atoms with Crippen molar-refractivity contribution in [2.24, 2.45) is 11.8 Å². The van der Waals surface area contributed by atoms with Crippen molar-refractivity contribution in [3.8, 4) is 0 Å². The number of rotatable bonds is 0. The molecule has 0 amide bonds. The summed E-state index contributed by atoms with van der Waals surface area (Å²) in [6.07, 6.45) is 6.73. The van der Waals surface area contributed by atoms with Gasteiger partial charge in [0.1, 0.15) is 5.78 Å². The molecule has 1 heterocycles. The number of carbonyl (C=O) groups is 1. The van der Waals surface area contributed by atoms with Gasteiger partial charge in [0.05, 0.1) is 13.2 Å². The third kappa shape index (κ3) is 1.58. The molecule has 1 aliphatic carbocycles. The van der Waals surface area contributed by atoms with Gasteiger partial charge in [-0.2, -0.15) is 0 Å². The summed E-state index contributed by atoms with van der Waals surface area (Å²) in [7, 11) is 0. The van der Waals surface area contributed by atoms with E-state index in [-0.39, 0.29) is 0 Å². The summed E-state index contributed by atoms with van der Waals surface area (Å²) < 4.78 is 5.35. The van der Waals surface area contributed by atoms with E-state index in [1.807, 2.05) is 0 Å². The molecule has 0 bridgehead atoms. The number of allylic oxidation sites excluding steroid dienone is 1. The van der Waals surface area contributed by atoms with Crippen LogP contribution in [0.15, 0.2) is 12.2 Å². The highest BCUT2D eigenvalue weighted by atomic mass is 16.5. The maximum Gasteiger partial charge on any atom is 0.133 e. The lowest BCUT2D eigenvalue weighted by Crippen LogP contribution is -2.16. The monoisotopic (exact) mass is 166 g/mol. The van der Waals surface area contributed by atoms with Crippen LogP contribution in [0.5, 0.6) is 0 Å². The van der Waals surface area contributed by atoms with Crippen LogP contribution < -0.4 is 0 Å². The van der Waals surface area contributed by atoms with Gasteiger partial charge in [0.15, 0.2) is 0 Å². The number of ketones is 1. The molecule has 0 aromatic heterocycles. The molecule has 2 atom stereocenters. The summed E-state index contributed by atoms with van der Waals surface area (Å²) in [5.41, 5.74) is 0. The van der Waals surface area contributed by atoms with E-state index in [1.165, 1.54) is 0 Å². The molecule has 2 unspecified atom stereocenters. The van der Waals surface area contributed by atoms with Gasteiger partial charge in [0.2, 0.25) is 0 Å². The van der Waals surface area contributed by atoms with E-state index in [1.54, 1.807) is 0 Å². The van der Waals surface area contributed by atoms with Crippen molar-refractivity contribution >= 4 is 5.78 Å². The van der Waals surface area contributed by atoms with Crippen LogP contribution in [0.1, 0.15) is 19.3 Å². The van der Waals surface area contributed by atoms with Crippen LogP contribution in [0.25, 0.3) is 0 Å². The van der Waals surface area contributed by atoms with E-state index < -0.39 is 0 Å². The Morgan fingerprint density at radius 3 is 3.25 bits per heavy atom.